The molecular formula is C22H19FN4OS. The highest BCUT2D eigenvalue weighted by Gasteiger charge is 2.29. The quantitative estimate of drug-likeness (QED) is 0.354. The van der Waals surface area contributed by atoms with Gasteiger partial charge >= 0.3 is 0 Å². The molecule has 1 N–H and O–H groups in total. The van der Waals surface area contributed by atoms with E-state index in [2.05, 4.69) is 19.7 Å². The van der Waals surface area contributed by atoms with Gasteiger partial charge in [-0.3, -0.25) is 4.79 Å². The number of aromatic amines is 1. The highest BCUT2D eigenvalue weighted by Crippen LogP contribution is 2.39. The number of carbonyl (C=O) groups is 1. The van der Waals surface area contributed by atoms with Crippen molar-refractivity contribution in [3.8, 4) is 11.3 Å². The molecular weight excluding hydrogens is 387 g/mol. The lowest BCUT2D eigenvalue weighted by molar-refractivity contribution is 0.102. The molecule has 0 amide bonds. The summed E-state index contributed by atoms with van der Waals surface area (Å²) < 4.78 is 15.5. The predicted octanol–water partition coefficient (Wildman–Crippen LogP) is 5.18. The van der Waals surface area contributed by atoms with Crippen molar-refractivity contribution in [1.82, 2.24) is 19.7 Å². The van der Waals surface area contributed by atoms with Crippen molar-refractivity contribution in [1.29, 1.82) is 0 Å². The highest BCUT2D eigenvalue weighted by atomic mass is 32.2. The Bertz CT molecular complexity index is 1210. The standard InChI is InChI=1S/C22H19FN4OS/c1-13-25-26-22(27(13)16-10-11-16)29-12-19(28)20-17-4-2-3-5-18(17)24-21(20)14-6-8-15(23)9-7-14/h2-9,16,24H,10-12H2,1H3. The van der Waals surface area contributed by atoms with Crippen molar-refractivity contribution >= 4 is 28.4 Å². The average Bonchev–Trinajstić information content (AvgIpc) is 3.38. The van der Waals surface area contributed by atoms with Gasteiger partial charge in [-0.15, -0.1) is 10.2 Å². The number of rotatable bonds is 6. The van der Waals surface area contributed by atoms with Crippen LogP contribution in [0.4, 0.5) is 4.39 Å². The molecule has 2 heterocycles. The minimum atomic E-state index is -0.303. The zero-order chi connectivity index (χ0) is 20.0. The van der Waals surface area contributed by atoms with Crippen LogP contribution in [0.15, 0.2) is 53.7 Å². The molecule has 0 spiro atoms. The summed E-state index contributed by atoms with van der Waals surface area (Å²) in [6, 6.07) is 14.4. The molecule has 2 aromatic heterocycles. The largest absolute Gasteiger partial charge is 0.354 e. The fourth-order valence-electron chi connectivity index (χ4n) is 3.67. The molecule has 5 nitrogen and oxygen atoms in total. The van der Waals surface area contributed by atoms with Gasteiger partial charge in [0.1, 0.15) is 11.6 Å². The molecule has 5 rings (SSSR count). The van der Waals surface area contributed by atoms with E-state index < -0.39 is 0 Å². The number of thioether (sulfide) groups is 1. The average molecular weight is 406 g/mol. The summed E-state index contributed by atoms with van der Waals surface area (Å²) in [5.41, 5.74) is 3.02. The fraction of sp³-hybridized carbons (Fsp3) is 0.227. The number of H-pyrrole nitrogens is 1. The summed E-state index contributed by atoms with van der Waals surface area (Å²) in [7, 11) is 0. The van der Waals surface area contributed by atoms with E-state index in [-0.39, 0.29) is 17.4 Å². The van der Waals surface area contributed by atoms with Crippen LogP contribution in [0.25, 0.3) is 22.2 Å². The van der Waals surface area contributed by atoms with E-state index in [0.717, 1.165) is 46.0 Å². The zero-order valence-corrected chi connectivity index (χ0v) is 16.7. The molecule has 0 unspecified atom stereocenters. The van der Waals surface area contributed by atoms with Crippen LogP contribution in [0.5, 0.6) is 0 Å². The van der Waals surface area contributed by atoms with Crippen LogP contribution in [0, 0.1) is 12.7 Å². The third-order valence-corrected chi connectivity index (χ3v) is 6.14. The molecule has 1 saturated carbocycles. The Morgan fingerprint density at radius 1 is 1.17 bits per heavy atom. The first kappa shape index (κ1) is 18.1. The van der Waals surface area contributed by atoms with E-state index in [1.165, 1.54) is 23.9 Å². The van der Waals surface area contributed by atoms with Gasteiger partial charge in [0.2, 0.25) is 0 Å². The lowest BCUT2D eigenvalue weighted by atomic mass is 10.0. The maximum Gasteiger partial charge on any atom is 0.191 e. The highest BCUT2D eigenvalue weighted by molar-refractivity contribution is 7.99. The number of para-hydroxylation sites is 1. The Morgan fingerprint density at radius 3 is 2.69 bits per heavy atom. The number of hydrogen-bond acceptors (Lipinski definition) is 4. The van der Waals surface area contributed by atoms with Gasteiger partial charge in [-0.1, -0.05) is 30.0 Å². The number of carbonyl (C=O) groups excluding carboxylic acids is 1. The maximum atomic E-state index is 13.4. The van der Waals surface area contributed by atoms with Crippen LogP contribution < -0.4 is 0 Å². The van der Waals surface area contributed by atoms with Crippen LogP contribution in [0.1, 0.15) is 35.1 Å². The van der Waals surface area contributed by atoms with Gasteiger partial charge in [0, 0.05) is 16.9 Å². The topological polar surface area (TPSA) is 63.6 Å². The molecule has 1 fully saturated rings. The van der Waals surface area contributed by atoms with Gasteiger partial charge in [0.15, 0.2) is 10.9 Å². The number of benzene rings is 2. The first-order valence-electron chi connectivity index (χ1n) is 9.56. The molecule has 0 bridgehead atoms. The van der Waals surface area contributed by atoms with Crippen LogP contribution in [-0.2, 0) is 0 Å². The molecule has 2 aromatic carbocycles. The van der Waals surface area contributed by atoms with Crippen LogP contribution in [-0.4, -0.2) is 31.3 Å². The molecule has 146 valence electrons. The lowest BCUT2D eigenvalue weighted by Crippen LogP contribution is -2.06. The van der Waals surface area contributed by atoms with Crippen molar-refractivity contribution in [2.45, 2.75) is 31.0 Å². The van der Waals surface area contributed by atoms with E-state index in [1.54, 1.807) is 12.1 Å². The van der Waals surface area contributed by atoms with E-state index in [1.807, 2.05) is 31.2 Å². The number of fused-ring (bicyclic) bond motifs is 1. The normalized spacial score (nSPS) is 13.9. The van der Waals surface area contributed by atoms with Crippen molar-refractivity contribution in [3.63, 3.8) is 0 Å². The summed E-state index contributed by atoms with van der Waals surface area (Å²) in [5.74, 6) is 0.861. The summed E-state index contributed by atoms with van der Waals surface area (Å²) in [5, 5.41) is 10.1. The van der Waals surface area contributed by atoms with Crippen molar-refractivity contribution in [3.05, 3.63) is 65.7 Å². The third-order valence-electron chi connectivity index (χ3n) is 5.20. The Hall–Kier alpha value is -2.93. The number of Topliss-reactive ketones (excluding diaryl/α,β-unsaturated/α-hetero) is 1. The zero-order valence-electron chi connectivity index (χ0n) is 15.9. The van der Waals surface area contributed by atoms with Gasteiger partial charge in [-0.05, 0) is 55.7 Å². The molecule has 1 aliphatic rings. The van der Waals surface area contributed by atoms with Crippen molar-refractivity contribution in [2.75, 3.05) is 5.75 Å². The molecule has 0 saturated heterocycles. The summed E-state index contributed by atoms with van der Waals surface area (Å²) >= 11 is 1.42. The first-order valence-corrected chi connectivity index (χ1v) is 10.5. The van der Waals surface area contributed by atoms with E-state index >= 15 is 0 Å². The number of halogens is 1. The predicted molar refractivity (Wildman–Crippen MR) is 112 cm³/mol. The number of ketones is 1. The Kier molecular flexibility index (Phi) is 4.47. The van der Waals surface area contributed by atoms with Crippen LogP contribution >= 0.6 is 11.8 Å². The van der Waals surface area contributed by atoms with Crippen LogP contribution in [0.3, 0.4) is 0 Å². The Labute approximate surface area is 171 Å². The SMILES string of the molecule is Cc1nnc(SCC(=O)c2c(-c3ccc(F)cc3)[nH]c3ccccc23)n1C1CC1. The number of aromatic nitrogens is 4. The van der Waals surface area contributed by atoms with Gasteiger partial charge in [-0.2, -0.15) is 0 Å². The van der Waals surface area contributed by atoms with Gasteiger partial charge < -0.3 is 9.55 Å². The smallest absolute Gasteiger partial charge is 0.191 e. The van der Waals surface area contributed by atoms with Gasteiger partial charge in [-0.25, -0.2) is 4.39 Å². The van der Waals surface area contributed by atoms with E-state index in [9.17, 15) is 9.18 Å². The Morgan fingerprint density at radius 2 is 1.93 bits per heavy atom. The number of nitrogens with one attached hydrogen (secondary N) is 1. The molecule has 7 heteroatoms. The summed E-state index contributed by atoms with van der Waals surface area (Å²) in [4.78, 5) is 16.6. The molecule has 0 aliphatic heterocycles. The van der Waals surface area contributed by atoms with Crippen molar-refractivity contribution in [2.24, 2.45) is 0 Å². The molecule has 0 radical (unpaired) electrons. The molecule has 0 atom stereocenters. The number of nitrogens with zero attached hydrogens (tertiary/aromatic N) is 3. The van der Waals surface area contributed by atoms with Gasteiger partial charge in [0.05, 0.1) is 17.0 Å². The second kappa shape index (κ2) is 7.15. The third kappa shape index (κ3) is 3.35. The lowest BCUT2D eigenvalue weighted by Gasteiger charge is -2.07. The van der Waals surface area contributed by atoms with Crippen LogP contribution in [0.2, 0.25) is 0 Å². The number of aryl methyl sites for hydroxylation is 1. The molecule has 4 aromatic rings. The summed E-state index contributed by atoms with van der Waals surface area (Å²) in [6.07, 6.45) is 2.27. The minimum absolute atomic E-state index is 0.00905. The minimum Gasteiger partial charge on any atom is -0.354 e. The van der Waals surface area contributed by atoms with E-state index in [0.29, 0.717) is 11.6 Å². The maximum absolute atomic E-state index is 13.4. The van der Waals surface area contributed by atoms with Crippen molar-refractivity contribution < 1.29 is 9.18 Å². The number of hydrogen-bond donors (Lipinski definition) is 1. The monoisotopic (exact) mass is 406 g/mol. The second-order valence-electron chi connectivity index (χ2n) is 7.27. The fourth-order valence-corrected chi connectivity index (χ4v) is 4.59. The second-order valence-corrected chi connectivity index (χ2v) is 8.21. The molecule has 1 aliphatic carbocycles. The first-order chi connectivity index (χ1) is 14.1. The van der Waals surface area contributed by atoms with E-state index in [4.69, 9.17) is 0 Å². The van der Waals surface area contributed by atoms with Gasteiger partial charge in [0.25, 0.3) is 0 Å². The molecule has 29 heavy (non-hydrogen) atoms. The Balaban J connectivity index is 1.49. The summed E-state index contributed by atoms with van der Waals surface area (Å²) in [6.45, 7) is 1.95.